The molecule has 1 aliphatic heterocycles. The van der Waals surface area contributed by atoms with Gasteiger partial charge in [0.15, 0.2) is 5.96 Å². The summed E-state index contributed by atoms with van der Waals surface area (Å²) in [5, 5.41) is 6.69. The highest BCUT2D eigenvalue weighted by atomic mass is 16.5. The van der Waals surface area contributed by atoms with E-state index in [0.29, 0.717) is 5.92 Å². The zero-order valence-corrected chi connectivity index (χ0v) is 15.0. The summed E-state index contributed by atoms with van der Waals surface area (Å²) in [6.45, 7) is 12.4. The summed E-state index contributed by atoms with van der Waals surface area (Å²) in [5.41, 5.74) is 0. The maximum absolute atomic E-state index is 5.60. The molecule has 0 radical (unpaired) electrons. The van der Waals surface area contributed by atoms with Crippen LogP contribution in [0.3, 0.4) is 0 Å². The van der Waals surface area contributed by atoms with Crippen LogP contribution in [0.1, 0.15) is 46.5 Å². The Labute approximate surface area is 136 Å². The lowest BCUT2D eigenvalue weighted by Gasteiger charge is -2.33. The number of ether oxygens (including phenoxy) is 1. The Hall–Kier alpha value is -0.810. The van der Waals surface area contributed by atoms with E-state index in [1.165, 1.54) is 25.8 Å². The molecule has 0 aromatic heterocycles. The Kier molecular flexibility index (Phi) is 10.2. The van der Waals surface area contributed by atoms with Gasteiger partial charge in [0.25, 0.3) is 0 Å². The third kappa shape index (κ3) is 8.59. The van der Waals surface area contributed by atoms with Crippen LogP contribution in [0.15, 0.2) is 4.99 Å². The molecule has 2 N–H and O–H groups in total. The molecule has 5 heteroatoms. The summed E-state index contributed by atoms with van der Waals surface area (Å²) in [4.78, 5) is 6.82. The minimum absolute atomic E-state index is 0.708. The Balaban J connectivity index is 2.04. The molecule has 0 aliphatic carbocycles. The Morgan fingerprint density at radius 2 is 2.00 bits per heavy atom. The first-order valence-electron chi connectivity index (χ1n) is 8.89. The summed E-state index contributed by atoms with van der Waals surface area (Å²) in [6.07, 6.45) is 5.18. The van der Waals surface area contributed by atoms with Crippen molar-refractivity contribution >= 4 is 5.96 Å². The van der Waals surface area contributed by atoms with Crippen molar-refractivity contribution in [3.05, 3.63) is 0 Å². The molecule has 1 saturated heterocycles. The van der Waals surface area contributed by atoms with Crippen molar-refractivity contribution in [1.82, 2.24) is 15.5 Å². The van der Waals surface area contributed by atoms with Crippen molar-refractivity contribution in [1.29, 1.82) is 0 Å². The van der Waals surface area contributed by atoms with Gasteiger partial charge in [0.05, 0.1) is 6.61 Å². The molecule has 1 unspecified atom stereocenters. The molecule has 0 bridgehead atoms. The van der Waals surface area contributed by atoms with E-state index in [2.05, 4.69) is 41.3 Å². The average molecular weight is 313 g/mol. The van der Waals surface area contributed by atoms with Gasteiger partial charge in [-0.15, -0.1) is 0 Å². The molecule has 130 valence electrons. The van der Waals surface area contributed by atoms with Gasteiger partial charge in [-0.1, -0.05) is 20.3 Å². The SMILES string of the molecule is CN=C(NCCOCCC(C)C)NCCN1CCCCC1C. The lowest BCUT2D eigenvalue weighted by molar-refractivity contribution is 0.128. The van der Waals surface area contributed by atoms with Gasteiger partial charge >= 0.3 is 0 Å². The molecule has 5 nitrogen and oxygen atoms in total. The molecule has 1 atom stereocenters. The van der Waals surface area contributed by atoms with Gasteiger partial charge in [-0.3, -0.25) is 9.89 Å². The second-order valence-electron chi connectivity index (χ2n) is 6.60. The van der Waals surface area contributed by atoms with Crippen LogP contribution >= 0.6 is 0 Å². The van der Waals surface area contributed by atoms with Gasteiger partial charge in [-0.05, 0) is 38.6 Å². The molecule has 22 heavy (non-hydrogen) atoms. The van der Waals surface area contributed by atoms with Gasteiger partial charge in [0.2, 0.25) is 0 Å². The minimum Gasteiger partial charge on any atom is -0.380 e. The van der Waals surface area contributed by atoms with Crippen LogP contribution in [0.5, 0.6) is 0 Å². The van der Waals surface area contributed by atoms with E-state index >= 15 is 0 Å². The molecule has 0 amide bonds. The maximum atomic E-state index is 5.60. The summed E-state index contributed by atoms with van der Waals surface area (Å²) < 4.78 is 5.60. The van der Waals surface area contributed by atoms with Gasteiger partial charge in [-0.25, -0.2) is 0 Å². The predicted molar refractivity (Wildman–Crippen MR) is 94.5 cm³/mol. The average Bonchev–Trinajstić information content (AvgIpc) is 2.50. The fourth-order valence-corrected chi connectivity index (χ4v) is 2.69. The standard InChI is InChI=1S/C17H36N4O/c1-15(2)8-13-22-14-10-20-17(18-4)19-9-12-21-11-6-5-7-16(21)3/h15-16H,5-14H2,1-4H3,(H2,18,19,20). The number of likely N-dealkylation sites (tertiary alicyclic amines) is 1. The summed E-state index contributed by atoms with van der Waals surface area (Å²) in [5.74, 6) is 1.58. The predicted octanol–water partition coefficient (Wildman–Crippen LogP) is 2.09. The van der Waals surface area contributed by atoms with Crippen molar-refractivity contribution < 1.29 is 4.74 Å². The van der Waals surface area contributed by atoms with Crippen molar-refractivity contribution in [3.63, 3.8) is 0 Å². The first-order chi connectivity index (χ1) is 10.6. The maximum Gasteiger partial charge on any atom is 0.191 e. The van der Waals surface area contributed by atoms with Gasteiger partial charge in [0.1, 0.15) is 0 Å². The van der Waals surface area contributed by atoms with Crippen LogP contribution in [0.2, 0.25) is 0 Å². The van der Waals surface area contributed by atoms with E-state index in [9.17, 15) is 0 Å². The third-order valence-corrected chi connectivity index (χ3v) is 4.23. The molecule has 0 aromatic carbocycles. The van der Waals surface area contributed by atoms with E-state index in [1.54, 1.807) is 0 Å². The number of nitrogens with one attached hydrogen (secondary N) is 2. The number of hydrogen-bond acceptors (Lipinski definition) is 3. The molecule has 1 aliphatic rings. The van der Waals surface area contributed by atoms with Gasteiger partial charge in [0, 0.05) is 39.3 Å². The smallest absolute Gasteiger partial charge is 0.191 e. The lowest BCUT2D eigenvalue weighted by Crippen LogP contribution is -2.45. The second kappa shape index (κ2) is 11.7. The van der Waals surface area contributed by atoms with Crippen molar-refractivity contribution in [2.24, 2.45) is 10.9 Å². The number of nitrogens with zero attached hydrogens (tertiary/aromatic N) is 2. The van der Waals surface area contributed by atoms with E-state index < -0.39 is 0 Å². The number of hydrogen-bond donors (Lipinski definition) is 2. The van der Waals surface area contributed by atoms with E-state index in [-0.39, 0.29) is 0 Å². The fourth-order valence-electron chi connectivity index (χ4n) is 2.69. The number of aliphatic imine (C=N–C) groups is 1. The zero-order chi connectivity index (χ0) is 16.2. The molecule has 1 fully saturated rings. The van der Waals surface area contributed by atoms with Crippen LogP contribution in [-0.2, 0) is 4.74 Å². The summed E-state index contributed by atoms with van der Waals surface area (Å²) in [7, 11) is 1.82. The molecule has 1 rings (SSSR count). The normalized spacial score (nSPS) is 20.4. The fraction of sp³-hybridized carbons (Fsp3) is 0.941. The summed E-state index contributed by atoms with van der Waals surface area (Å²) in [6, 6.07) is 0.722. The quantitative estimate of drug-likeness (QED) is 0.389. The first kappa shape index (κ1) is 19.2. The van der Waals surface area contributed by atoms with Crippen LogP contribution in [-0.4, -0.2) is 63.3 Å². The number of guanidine groups is 1. The van der Waals surface area contributed by atoms with Gasteiger partial charge < -0.3 is 15.4 Å². The minimum atomic E-state index is 0.708. The zero-order valence-electron chi connectivity index (χ0n) is 15.0. The summed E-state index contributed by atoms with van der Waals surface area (Å²) >= 11 is 0. The highest BCUT2D eigenvalue weighted by molar-refractivity contribution is 5.79. The lowest BCUT2D eigenvalue weighted by atomic mass is 10.0. The molecule has 0 saturated carbocycles. The van der Waals surface area contributed by atoms with Crippen molar-refractivity contribution in [2.75, 3.05) is 46.4 Å². The van der Waals surface area contributed by atoms with Crippen LogP contribution in [0.4, 0.5) is 0 Å². The Morgan fingerprint density at radius 3 is 2.68 bits per heavy atom. The van der Waals surface area contributed by atoms with Crippen LogP contribution in [0.25, 0.3) is 0 Å². The molecule has 0 aromatic rings. The van der Waals surface area contributed by atoms with E-state index in [4.69, 9.17) is 4.74 Å². The van der Waals surface area contributed by atoms with Gasteiger partial charge in [-0.2, -0.15) is 0 Å². The monoisotopic (exact) mass is 312 g/mol. The molecule has 1 heterocycles. The highest BCUT2D eigenvalue weighted by Crippen LogP contribution is 2.15. The first-order valence-corrected chi connectivity index (χ1v) is 8.89. The number of piperidine rings is 1. The number of rotatable bonds is 9. The molecular formula is C17H36N4O. The van der Waals surface area contributed by atoms with Crippen LogP contribution in [0, 0.1) is 5.92 Å². The molecular weight excluding hydrogens is 276 g/mol. The van der Waals surface area contributed by atoms with Crippen molar-refractivity contribution in [3.8, 4) is 0 Å². The van der Waals surface area contributed by atoms with E-state index in [0.717, 1.165) is 51.3 Å². The molecule has 0 spiro atoms. The highest BCUT2D eigenvalue weighted by Gasteiger charge is 2.17. The Morgan fingerprint density at radius 1 is 1.23 bits per heavy atom. The largest absolute Gasteiger partial charge is 0.380 e. The van der Waals surface area contributed by atoms with Crippen LogP contribution < -0.4 is 10.6 Å². The van der Waals surface area contributed by atoms with Crippen molar-refractivity contribution in [2.45, 2.75) is 52.5 Å². The third-order valence-electron chi connectivity index (χ3n) is 4.23. The van der Waals surface area contributed by atoms with E-state index in [1.807, 2.05) is 7.05 Å². The Bertz CT molecular complexity index is 307. The topological polar surface area (TPSA) is 48.9 Å². The second-order valence-corrected chi connectivity index (χ2v) is 6.60.